The molecule has 0 unspecified atom stereocenters. The Morgan fingerprint density at radius 3 is 2.68 bits per heavy atom. The van der Waals surface area contributed by atoms with Crippen LogP contribution in [0.25, 0.3) is 0 Å². The molecule has 0 atom stereocenters. The molecule has 0 spiro atoms. The zero-order chi connectivity index (χ0) is 21.8. The number of unbranched alkanes of at least 4 members (excludes halogenated alkanes) is 1. The number of ether oxygens (including phenoxy) is 2. The highest BCUT2D eigenvalue weighted by molar-refractivity contribution is 14.0. The second kappa shape index (κ2) is 14.6. The first-order valence-electron chi connectivity index (χ1n) is 9.83. The lowest BCUT2D eigenvalue weighted by Gasteiger charge is -2.13. The Morgan fingerprint density at radius 1 is 1.19 bits per heavy atom. The number of alkyl halides is 2. The lowest BCUT2D eigenvalue weighted by Crippen LogP contribution is -2.37. The molecule has 0 radical (unpaired) electrons. The Bertz CT molecular complexity index is 878. The van der Waals surface area contributed by atoms with Gasteiger partial charge in [0, 0.05) is 37.5 Å². The molecule has 0 saturated carbocycles. The molecule has 10 heteroatoms. The summed E-state index contributed by atoms with van der Waals surface area (Å²) in [6.07, 6.45) is 3.44. The third kappa shape index (κ3) is 9.53. The minimum Gasteiger partial charge on any atom is -0.497 e. The molecular weight excluding hydrogens is 521 g/mol. The van der Waals surface area contributed by atoms with Crippen molar-refractivity contribution in [3.63, 3.8) is 0 Å². The summed E-state index contributed by atoms with van der Waals surface area (Å²) < 4.78 is 36.7. The molecule has 7 nitrogen and oxygen atoms in total. The molecule has 2 rings (SSSR count). The number of aryl methyl sites for hydroxylation is 1. The predicted molar refractivity (Wildman–Crippen MR) is 128 cm³/mol. The van der Waals surface area contributed by atoms with Gasteiger partial charge in [-0.15, -0.1) is 24.0 Å². The summed E-state index contributed by atoms with van der Waals surface area (Å²) in [6, 6.07) is 9.73. The molecule has 1 heterocycles. The van der Waals surface area contributed by atoms with Gasteiger partial charge in [-0.3, -0.25) is 4.79 Å². The SMILES string of the molecule is CCNC(=NCc1cc(OC)ccc1OC(F)F)NCCCCn1ccccc1=O.I. The maximum Gasteiger partial charge on any atom is 0.387 e. The average molecular weight is 550 g/mol. The van der Waals surface area contributed by atoms with E-state index in [1.165, 1.54) is 13.2 Å². The third-order valence-electron chi connectivity index (χ3n) is 4.25. The first-order valence-corrected chi connectivity index (χ1v) is 9.83. The molecule has 172 valence electrons. The van der Waals surface area contributed by atoms with Crippen molar-refractivity contribution in [3.8, 4) is 11.5 Å². The Hall–Kier alpha value is -2.37. The minimum absolute atomic E-state index is 0. The molecule has 1 aromatic heterocycles. The maximum absolute atomic E-state index is 12.7. The lowest BCUT2D eigenvalue weighted by atomic mass is 10.2. The number of aromatic nitrogens is 1. The Kier molecular flexibility index (Phi) is 12.6. The molecular formula is C21H29F2IN4O3. The summed E-state index contributed by atoms with van der Waals surface area (Å²) in [5.41, 5.74) is 0.482. The second-order valence-corrected chi connectivity index (χ2v) is 6.41. The van der Waals surface area contributed by atoms with E-state index in [0.29, 0.717) is 36.9 Å². The van der Waals surface area contributed by atoms with Crippen molar-refractivity contribution >= 4 is 29.9 Å². The fourth-order valence-corrected chi connectivity index (χ4v) is 2.78. The van der Waals surface area contributed by atoms with Gasteiger partial charge >= 0.3 is 6.61 Å². The zero-order valence-electron chi connectivity index (χ0n) is 17.6. The highest BCUT2D eigenvalue weighted by atomic mass is 127. The number of halogens is 3. The van der Waals surface area contributed by atoms with Gasteiger partial charge < -0.3 is 24.7 Å². The van der Waals surface area contributed by atoms with Crippen LogP contribution in [0, 0.1) is 0 Å². The van der Waals surface area contributed by atoms with E-state index in [-0.39, 0.29) is 41.8 Å². The smallest absolute Gasteiger partial charge is 0.387 e. The van der Waals surface area contributed by atoms with Gasteiger partial charge in [0.25, 0.3) is 0 Å². The van der Waals surface area contributed by atoms with Crippen molar-refractivity contribution in [2.75, 3.05) is 20.2 Å². The summed E-state index contributed by atoms with van der Waals surface area (Å²) in [5, 5.41) is 6.33. The van der Waals surface area contributed by atoms with E-state index in [1.807, 2.05) is 13.0 Å². The van der Waals surface area contributed by atoms with Gasteiger partial charge in [-0.2, -0.15) is 8.78 Å². The predicted octanol–water partition coefficient (Wildman–Crippen LogP) is 3.61. The summed E-state index contributed by atoms with van der Waals surface area (Å²) >= 11 is 0. The topological polar surface area (TPSA) is 76.9 Å². The summed E-state index contributed by atoms with van der Waals surface area (Å²) in [4.78, 5) is 16.1. The van der Waals surface area contributed by atoms with Gasteiger partial charge in [0.15, 0.2) is 5.96 Å². The lowest BCUT2D eigenvalue weighted by molar-refractivity contribution is -0.0504. The summed E-state index contributed by atoms with van der Waals surface area (Å²) in [5.74, 6) is 1.18. The minimum atomic E-state index is -2.91. The Labute approximate surface area is 197 Å². The highest BCUT2D eigenvalue weighted by Gasteiger charge is 2.11. The van der Waals surface area contributed by atoms with Gasteiger partial charge in [-0.05, 0) is 44.0 Å². The van der Waals surface area contributed by atoms with E-state index < -0.39 is 6.61 Å². The van der Waals surface area contributed by atoms with Crippen LogP contribution in [0.15, 0.2) is 52.4 Å². The molecule has 0 saturated heterocycles. The first kappa shape index (κ1) is 26.7. The van der Waals surface area contributed by atoms with Crippen molar-refractivity contribution in [2.45, 2.75) is 39.5 Å². The van der Waals surface area contributed by atoms with Gasteiger partial charge in [0.1, 0.15) is 11.5 Å². The number of pyridine rings is 1. The van der Waals surface area contributed by atoms with E-state index in [2.05, 4.69) is 20.4 Å². The first-order chi connectivity index (χ1) is 14.5. The number of hydrogen-bond acceptors (Lipinski definition) is 4. The van der Waals surface area contributed by atoms with Crippen molar-refractivity contribution in [2.24, 2.45) is 4.99 Å². The normalized spacial score (nSPS) is 11.1. The summed E-state index contributed by atoms with van der Waals surface area (Å²) in [7, 11) is 1.51. The van der Waals surface area contributed by atoms with Crippen molar-refractivity contribution in [1.29, 1.82) is 0 Å². The standard InChI is InChI=1S/C21H28F2N4O3.HI/c1-3-24-21(25-11-5-7-13-27-12-6-4-8-19(27)28)26-15-16-14-17(29-2)9-10-18(16)30-20(22)23;/h4,6,8-10,12,14,20H,3,5,7,11,13,15H2,1-2H3,(H2,24,25,26);1H. The third-order valence-corrected chi connectivity index (χ3v) is 4.25. The largest absolute Gasteiger partial charge is 0.497 e. The van der Waals surface area contributed by atoms with Crippen LogP contribution in [0.2, 0.25) is 0 Å². The van der Waals surface area contributed by atoms with Crippen molar-refractivity contribution in [3.05, 3.63) is 58.5 Å². The zero-order valence-corrected chi connectivity index (χ0v) is 20.0. The van der Waals surface area contributed by atoms with E-state index in [0.717, 1.165) is 12.8 Å². The number of nitrogens with zero attached hydrogens (tertiary/aromatic N) is 2. The monoisotopic (exact) mass is 550 g/mol. The van der Waals surface area contributed by atoms with Gasteiger partial charge in [0.2, 0.25) is 5.56 Å². The van der Waals surface area contributed by atoms with E-state index >= 15 is 0 Å². The van der Waals surface area contributed by atoms with Crippen LogP contribution < -0.4 is 25.7 Å². The molecule has 2 aromatic rings. The molecule has 0 aliphatic carbocycles. The van der Waals surface area contributed by atoms with Gasteiger partial charge in [0.05, 0.1) is 13.7 Å². The maximum atomic E-state index is 12.7. The molecule has 1 aromatic carbocycles. The van der Waals surface area contributed by atoms with Crippen molar-refractivity contribution in [1.82, 2.24) is 15.2 Å². The summed E-state index contributed by atoms with van der Waals surface area (Å²) in [6.45, 7) is 1.14. The van der Waals surface area contributed by atoms with Crippen LogP contribution in [-0.4, -0.2) is 37.3 Å². The number of benzene rings is 1. The Balaban J connectivity index is 0.00000480. The number of guanidine groups is 1. The fraction of sp³-hybridized carbons (Fsp3) is 0.429. The Morgan fingerprint density at radius 2 is 2.00 bits per heavy atom. The van der Waals surface area contributed by atoms with Gasteiger partial charge in [-0.1, -0.05) is 6.07 Å². The van der Waals surface area contributed by atoms with E-state index in [9.17, 15) is 13.6 Å². The van der Waals surface area contributed by atoms with Crippen LogP contribution in [0.5, 0.6) is 11.5 Å². The average Bonchev–Trinajstić information content (AvgIpc) is 2.73. The molecule has 0 aliphatic rings. The van der Waals surface area contributed by atoms with Crippen LogP contribution in [0.4, 0.5) is 8.78 Å². The molecule has 0 bridgehead atoms. The number of methoxy groups -OCH3 is 1. The van der Waals surface area contributed by atoms with E-state index in [4.69, 9.17) is 4.74 Å². The second-order valence-electron chi connectivity index (χ2n) is 6.41. The van der Waals surface area contributed by atoms with Crippen LogP contribution in [-0.2, 0) is 13.1 Å². The van der Waals surface area contributed by atoms with Crippen LogP contribution in [0.3, 0.4) is 0 Å². The van der Waals surface area contributed by atoms with E-state index in [1.54, 1.807) is 35.0 Å². The number of rotatable bonds is 11. The number of hydrogen-bond donors (Lipinski definition) is 2. The molecule has 31 heavy (non-hydrogen) atoms. The molecule has 2 N–H and O–H groups in total. The fourth-order valence-electron chi connectivity index (χ4n) is 2.78. The molecule has 0 amide bonds. The van der Waals surface area contributed by atoms with Gasteiger partial charge in [-0.25, -0.2) is 4.99 Å². The molecule has 0 fully saturated rings. The van der Waals surface area contributed by atoms with Crippen LogP contribution >= 0.6 is 24.0 Å². The van der Waals surface area contributed by atoms with Crippen LogP contribution in [0.1, 0.15) is 25.3 Å². The van der Waals surface area contributed by atoms with Crippen molar-refractivity contribution < 1.29 is 18.3 Å². The number of nitrogens with one attached hydrogen (secondary N) is 2. The molecule has 0 aliphatic heterocycles. The number of aliphatic imine (C=N–C) groups is 1. The quantitative estimate of drug-likeness (QED) is 0.194. The highest BCUT2D eigenvalue weighted by Crippen LogP contribution is 2.26.